The van der Waals surface area contributed by atoms with Gasteiger partial charge in [-0.25, -0.2) is 0 Å². The van der Waals surface area contributed by atoms with Crippen LogP contribution >= 0.6 is 0 Å². The summed E-state index contributed by atoms with van der Waals surface area (Å²) < 4.78 is 4.87. The van der Waals surface area contributed by atoms with Crippen LogP contribution in [0.1, 0.15) is 0 Å². The van der Waals surface area contributed by atoms with E-state index in [0.29, 0.717) is 0 Å². The lowest BCUT2D eigenvalue weighted by Gasteiger charge is -2.18. The Balaban J connectivity index is 1.20. The van der Waals surface area contributed by atoms with E-state index < -0.39 is 0 Å². The molecule has 54 heavy (non-hydrogen) atoms. The van der Waals surface area contributed by atoms with E-state index in [9.17, 15) is 0 Å². The standard InChI is InChI=1S/C52H34N2/c1-4-16-35(17-5-1)41-26-15-27-42(36-18-6-2-7-19-36)51(41)38-20-14-23-40(32-38)54-47-28-12-10-24-43(47)46-33-37-30-31-49-52(45(37)34-50(46)54)44-25-11-13-29-48(44)53(49)39-21-8-3-9-22-39/h1-34H. The summed E-state index contributed by atoms with van der Waals surface area (Å²) >= 11 is 0. The van der Waals surface area contributed by atoms with Crippen LogP contribution in [0.5, 0.6) is 0 Å². The minimum absolute atomic E-state index is 1.14. The van der Waals surface area contributed by atoms with Crippen molar-refractivity contribution in [3.63, 3.8) is 0 Å². The van der Waals surface area contributed by atoms with Gasteiger partial charge in [0.25, 0.3) is 0 Å². The molecule has 0 fully saturated rings. The second-order valence-corrected chi connectivity index (χ2v) is 14.1. The lowest BCUT2D eigenvalue weighted by atomic mass is 9.87. The largest absolute Gasteiger partial charge is 0.309 e. The van der Waals surface area contributed by atoms with Crippen LogP contribution in [0.15, 0.2) is 206 Å². The Hall–Kier alpha value is -7.16. The maximum atomic E-state index is 2.47. The quantitative estimate of drug-likeness (QED) is 0.171. The first-order chi connectivity index (χ1) is 26.8. The molecule has 11 aromatic rings. The fraction of sp³-hybridized carbons (Fsp3) is 0. The third-order valence-corrected chi connectivity index (χ3v) is 11.1. The zero-order chi connectivity index (χ0) is 35.6. The fourth-order valence-corrected chi connectivity index (χ4v) is 8.77. The molecule has 11 rings (SSSR count). The first-order valence-electron chi connectivity index (χ1n) is 18.6. The van der Waals surface area contributed by atoms with E-state index in [1.54, 1.807) is 0 Å². The highest BCUT2D eigenvalue weighted by Crippen LogP contribution is 2.43. The van der Waals surface area contributed by atoms with Crippen molar-refractivity contribution in [3.8, 4) is 44.8 Å². The molecule has 252 valence electrons. The minimum atomic E-state index is 1.14. The van der Waals surface area contributed by atoms with Gasteiger partial charge in [-0.2, -0.15) is 0 Å². The predicted molar refractivity (Wildman–Crippen MR) is 229 cm³/mol. The van der Waals surface area contributed by atoms with Gasteiger partial charge in [0.1, 0.15) is 0 Å². The van der Waals surface area contributed by atoms with Crippen LogP contribution in [-0.4, -0.2) is 9.13 Å². The van der Waals surface area contributed by atoms with Crippen molar-refractivity contribution < 1.29 is 0 Å². The van der Waals surface area contributed by atoms with Gasteiger partial charge in [-0.05, 0) is 98.8 Å². The SMILES string of the molecule is c1ccc(-c2cccc(-c3ccccc3)c2-c2cccc(-n3c4ccccc4c4cc5ccc6c(c5cc43)c3ccccc3n6-c3ccccc3)c2)cc1. The van der Waals surface area contributed by atoms with Gasteiger partial charge in [-0.15, -0.1) is 0 Å². The second-order valence-electron chi connectivity index (χ2n) is 14.1. The van der Waals surface area contributed by atoms with Crippen molar-refractivity contribution in [3.05, 3.63) is 206 Å². The maximum Gasteiger partial charge on any atom is 0.0547 e. The molecule has 0 spiro atoms. The Labute approximate surface area is 313 Å². The van der Waals surface area contributed by atoms with Gasteiger partial charge in [0.15, 0.2) is 0 Å². The molecule has 0 atom stereocenters. The van der Waals surface area contributed by atoms with Crippen LogP contribution < -0.4 is 0 Å². The van der Waals surface area contributed by atoms with Gasteiger partial charge in [-0.3, -0.25) is 0 Å². The third kappa shape index (κ3) is 4.67. The summed E-state index contributed by atoms with van der Waals surface area (Å²) in [6.45, 7) is 0. The number of aromatic nitrogens is 2. The average Bonchev–Trinajstić information content (AvgIpc) is 3.76. The molecule has 9 aromatic carbocycles. The van der Waals surface area contributed by atoms with Crippen LogP contribution in [0.4, 0.5) is 0 Å². The van der Waals surface area contributed by atoms with Crippen molar-refractivity contribution in [1.29, 1.82) is 0 Å². The molecule has 2 nitrogen and oxygen atoms in total. The molecule has 0 radical (unpaired) electrons. The highest BCUT2D eigenvalue weighted by atomic mass is 15.0. The molecule has 0 N–H and O–H groups in total. The number of hydrogen-bond donors (Lipinski definition) is 0. The van der Waals surface area contributed by atoms with Gasteiger partial charge in [0.2, 0.25) is 0 Å². The Bertz CT molecular complexity index is 3130. The van der Waals surface area contributed by atoms with Gasteiger partial charge in [0.05, 0.1) is 22.1 Å². The van der Waals surface area contributed by atoms with E-state index in [2.05, 4.69) is 215 Å². The Kier molecular flexibility index (Phi) is 6.90. The van der Waals surface area contributed by atoms with E-state index in [1.165, 1.54) is 93.5 Å². The van der Waals surface area contributed by atoms with E-state index in [4.69, 9.17) is 0 Å². The molecule has 0 aliphatic heterocycles. The first-order valence-corrected chi connectivity index (χ1v) is 18.6. The number of para-hydroxylation sites is 3. The number of fused-ring (bicyclic) bond motifs is 8. The molecule has 2 heteroatoms. The van der Waals surface area contributed by atoms with Crippen molar-refractivity contribution in [2.24, 2.45) is 0 Å². The van der Waals surface area contributed by atoms with Gasteiger partial charge in [-0.1, -0.05) is 152 Å². The molecule has 0 amide bonds. The number of hydrogen-bond acceptors (Lipinski definition) is 0. The summed E-state index contributed by atoms with van der Waals surface area (Å²) in [7, 11) is 0. The van der Waals surface area contributed by atoms with E-state index in [1.807, 2.05) is 0 Å². The van der Waals surface area contributed by atoms with Crippen molar-refractivity contribution in [2.75, 3.05) is 0 Å². The van der Waals surface area contributed by atoms with Crippen LogP contribution in [0.25, 0.3) is 99.1 Å². The normalized spacial score (nSPS) is 11.7. The van der Waals surface area contributed by atoms with Gasteiger partial charge >= 0.3 is 0 Å². The van der Waals surface area contributed by atoms with Crippen molar-refractivity contribution in [1.82, 2.24) is 9.13 Å². The van der Waals surface area contributed by atoms with Crippen molar-refractivity contribution >= 4 is 54.4 Å². The summed E-state index contributed by atoms with van der Waals surface area (Å²) in [5.74, 6) is 0. The zero-order valence-electron chi connectivity index (χ0n) is 29.5. The highest BCUT2D eigenvalue weighted by Gasteiger charge is 2.20. The second kappa shape index (κ2) is 12.2. The molecule has 0 aliphatic rings. The maximum absolute atomic E-state index is 2.47. The summed E-state index contributed by atoms with van der Waals surface area (Å²) in [5.41, 5.74) is 14.4. The van der Waals surface area contributed by atoms with Crippen LogP contribution in [0, 0.1) is 0 Å². The first kappa shape index (κ1) is 30.5. The molecule has 0 unspecified atom stereocenters. The predicted octanol–water partition coefficient (Wildman–Crippen LogP) is 14.0. The van der Waals surface area contributed by atoms with Crippen molar-refractivity contribution in [2.45, 2.75) is 0 Å². The number of benzene rings is 9. The Morgan fingerprint density at radius 2 is 0.815 bits per heavy atom. The lowest BCUT2D eigenvalue weighted by Crippen LogP contribution is -1.96. The summed E-state index contributed by atoms with van der Waals surface area (Å²) in [6, 6.07) is 75.2. The van der Waals surface area contributed by atoms with Crippen LogP contribution in [0.2, 0.25) is 0 Å². The van der Waals surface area contributed by atoms with Gasteiger partial charge < -0.3 is 9.13 Å². The van der Waals surface area contributed by atoms with E-state index in [-0.39, 0.29) is 0 Å². The smallest absolute Gasteiger partial charge is 0.0547 e. The molecule has 0 saturated carbocycles. The zero-order valence-corrected chi connectivity index (χ0v) is 29.5. The highest BCUT2D eigenvalue weighted by molar-refractivity contribution is 6.25. The molecule has 2 aromatic heterocycles. The van der Waals surface area contributed by atoms with E-state index in [0.717, 1.165) is 5.69 Å². The molecule has 2 heterocycles. The summed E-state index contributed by atoms with van der Waals surface area (Å²) in [5, 5.41) is 7.55. The van der Waals surface area contributed by atoms with E-state index >= 15 is 0 Å². The van der Waals surface area contributed by atoms with Crippen LogP contribution in [0.3, 0.4) is 0 Å². The topological polar surface area (TPSA) is 9.86 Å². The lowest BCUT2D eigenvalue weighted by molar-refractivity contribution is 1.18. The summed E-state index contributed by atoms with van der Waals surface area (Å²) in [6.07, 6.45) is 0. The molecular formula is C52H34N2. The average molecular weight is 687 g/mol. The number of rotatable bonds is 5. The summed E-state index contributed by atoms with van der Waals surface area (Å²) in [4.78, 5) is 0. The Morgan fingerprint density at radius 1 is 0.278 bits per heavy atom. The fourth-order valence-electron chi connectivity index (χ4n) is 8.77. The third-order valence-electron chi connectivity index (χ3n) is 11.1. The molecular weight excluding hydrogens is 653 g/mol. The van der Waals surface area contributed by atoms with Gasteiger partial charge in [0, 0.05) is 32.9 Å². The monoisotopic (exact) mass is 686 g/mol. The Morgan fingerprint density at radius 3 is 1.52 bits per heavy atom. The molecule has 0 saturated heterocycles. The number of nitrogens with zero attached hydrogens (tertiary/aromatic N) is 2. The van der Waals surface area contributed by atoms with Crippen LogP contribution in [-0.2, 0) is 0 Å². The molecule has 0 bridgehead atoms. The molecule has 0 aliphatic carbocycles. The minimum Gasteiger partial charge on any atom is -0.309 e.